The number of amides is 1. The molecule has 0 radical (unpaired) electrons. The van der Waals surface area contributed by atoms with Gasteiger partial charge in [0.2, 0.25) is 5.95 Å². The Morgan fingerprint density at radius 1 is 1.40 bits per heavy atom. The monoisotopic (exact) mass is 272 g/mol. The Kier molecular flexibility index (Phi) is 2.82. The number of anilines is 1. The Labute approximate surface area is 113 Å². The summed E-state index contributed by atoms with van der Waals surface area (Å²) in [7, 11) is 3.34. The highest BCUT2D eigenvalue weighted by Crippen LogP contribution is 2.32. The fraction of sp³-hybridized carbons (Fsp3) is 0.167. The number of carbonyl (C=O) groups excluding carboxylic acids is 1. The minimum atomic E-state index is -0.348. The van der Waals surface area contributed by atoms with Crippen LogP contribution in [0.5, 0.6) is 5.75 Å². The molecule has 3 rings (SSSR count). The molecule has 0 aliphatic rings. The number of H-pyrrole nitrogens is 1. The van der Waals surface area contributed by atoms with Crippen LogP contribution in [0.25, 0.3) is 10.9 Å². The maximum Gasteiger partial charge on any atom is 0.278 e. The summed E-state index contributed by atoms with van der Waals surface area (Å²) >= 11 is 0. The summed E-state index contributed by atoms with van der Waals surface area (Å²) in [6.45, 7) is 0. The third kappa shape index (κ3) is 1.78. The zero-order valence-electron chi connectivity index (χ0n) is 10.9. The molecule has 1 aromatic carbocycles. The molecule has 102 valence electrons. The first-order valence-electron chi connectivity index (χ1n) is 5.89. The predicted octanol–water partition coefficient (Wildman–Crippen LogP) is 0.952. The highest BCUT2D eigenvalue weighted by molar-refractivity contribution is 6.09. The van der Waals surface area contributed by atoms with E-state index in [4.69, 9.17) is 4.74 Å². The van der Waals surface area contributed by atoms with Crippen LogP contribution in [-0.4, -0.2) is 38.2 Å². The molecule has 0 spiro atoms. The van der Waals surface area contributed by atoms with Gasteiger partial charge in [-0.05, 0) is 22.6 Å². The van der Waals surface area contributed by atoms with Gasteiger partial charge in [-0.1, -0.05) is 17.2 Å². The number of hydrogen-bond acceptors (Lipinski definition) is 5. The van der Waals surface area contributed by atoms with Gasteiger partial charge >= 0.3 is 0 Å². The second kappa shape index (κ2) is 4.65. The number of rotatable bonds is 3. The van der Waals surface area contributed by atoms with Crippen LogP contribution in [0, 0.1) is 0 Å². The van der Waals surface area contributed by atoms with Crippen LogP contribution >= 0.6 is 0 Å². The van der Waals surface area contributed by atoms with Crippen molar-refractivity contribution in [3.8, 4) is 5.75 Å². The molecule has 0 saturated carbocycles. The molecule has 2 heterocycles. The van der Waals surface area contributed by atoms with Crippen molar-refractivity contribution in [3.05, 3.63) is 30.0 Å². The summed E-state index contributed by atoms with van der Waals surface area (Å²) in [5, 5.41) is 16.4. The second-order valence-corrected chi connectivity index (χ2v) is 4.16. The van der Waals surface area contributed by atoms with Crippen LogP contribution in [-0.2, 0) is 7.05 Å². The molecule has 2 aromatic heterocycles. The number of fused-ring (bicyclic) bond motifs is 1. The van der Waals surface area contributed by atoms with Crippen LogP contribution in [0.2, 0.25) is 0 Å². The Bertz CT molecular complexity index is 762. The van der Waals surface area contributed by atoms with Crippen molar-refractivity contribution < 1.29 is 9.53 Å². The van der Waals surface area contributed by atoms with E-state index >= 15 is 0 Å². The van der Waals surface area contributed by atoms with Crippen LogP contribution in [0.1, 0.15) is 10.5 Å². The molecule has 3 aromatic rings. The number of methoxy groups -OCH3 is 1. The molecule has 0 aliphatic carbocycles. The van der Waals surface area contributed by atoms with E-state index in [1.54, 1.807) is 11.6 Å². The lowest BCUT2D eigenvalue weighted by atomic mass is 10.2. The molecule has 8 heteroatoms. The number of benzene rings is 1. The first kappa shape index (κ1) is 12.2. The SMILES string of the molecule is COc1c(C(=O)Nc2nnn[nH]2)n(C)c2ccccc12. The summed E-state index contributed by atoms with van der Waals surface area (Å²) in [5.41, 5.74) is 1.32. The molecule has 0 atom stereocenters. The molecule has 0 saturated heterocycles. The number of aryl methyl sites for hydroxylation is 1. The predicted molar refractivity (Wildman–Crippen MR) is 71.6 cm³/mol. The fourth-order valence-electron chi connectivity index (χ4n) is 2.20. The number of carbonyl (C=O) groups is 1. The van der Waals surface area contributed by atoms with Crippen molar-refractivity contribution in [1.82, 2.24) is 25.2 Å². The van der Waals surface area contributed by atoms with E-state index in [1.165, 1.54) is 7.11 Å². The van der Waals surface area contributed by atoms with E-state index < -0.39 is 0 Å². The minimum absolute atomic E-state index is 0.183. The molecule has 2 N–H and O–H groups in total. The molecular weight excluding hydrogens is 260 g/mol. The number of nitrogens with zero attached hydrogens (tertiary/aromatic N) is 4. The van der Waals surface area contributed by atoms with Crippen LogP contribution < -0.4 is 10.1 Å². The number of aromatic amines is 1. The van der Waals surface area contributed by atoms with Crippen molar-refractivity contribution >= 4 is 22.8 Å². The first-order chi connectivity index (χ1) is 9.72. The molecular formula is C12H12N6O2. The normalized spacial score (nSPS) is 10.7. The van der Waals surface area contributed by atoms with Gasteiger partial charge in [0.05, 0.1) is 12.6 Å². The molecule has 1 amide bonds. The zero-order chi connectivity index (χ0) is 14.1. The van der Waals surface area contributed by atoms with Crippen molar-refractivity contribution in [2.45, 2.75) is 0 Å². The number of para-hydroxylation sites is 1. The molecule has 0 bridgehead atoms. The topological polar surface area (TPSA) is 97.7 Å². The standard InChI is InChI=1S/C12H12N6O2/c1-18-8-6-4-3-5-7(8)10(20-2)9(18)11(19)13-12-14-16-17-15-12/h3-6H,1-2H3,(H2,13,14,15,16,17,19). The van der Waals surface area contributed by atoms with E-state index in [0.29, 0.717) is 11.4 Å². The molecule has 0 fully saturated rings. The highest BCUT2D eigenvalue weighted by atomic mass is 16.5. The summed E-state index contributed by atoms with van der Waals surface area (Å²) in [6.07, 6.45) is 0. The van der Waals surface area contributed by atoms with Crippen LogP contribution in [0.3, 0.4) is 0 Å². The van der Waals surface area contributed by atoms with Gasteiger partial charge in [-0.3, -0.25) is 10.1 Å². The molecule has 8 nitrogen and oxygen atoms in total. The van der Waals surface area contributed by atoms with E-state index in [1.807, 2.05) is 24.3 Å². The Balaban J connectivity index is 2.10. The van der Waals surface area contributed by atoms with Gasteiger partial charge in [0.15, 0.2) is 11.4 Å². The average Bonchev–Trinajstić information content (AvgIpc) is 3.05. The summed E-state index contributed by atoms with van der Waals surface area (Å²) in [4.78, 5) is 12.4. The van der Waals surface area contributed by atoms with Gasteiger partial charge in [0.25, 0.3) is 5.91 Å². The van der Waals surface area contributed by atoms with E-state index in [-0.39, 0.29) is 11.9 Å². The summed E-state index contributed by atoms with van der Waals surface area (Å²) in [6, 6.07) is 7.63. The molecule has 20 heavy (non-hydrogen) atoms. The summed E-state index contributed by atoms with van der Waals surface area (Å²) in [5.74, 6) is 0.356. The number of hydrogen-bond donors (Lipinski definition) is 2. The maximum absolute atomic E-state index is 12.4. The largest absolute Gasteiger partial charge is 0.494 e. The second-order valence-electron chi connectivity index (χ2n) is 4.16. The lowest BCUT2D eigenvalue weighted by molar-refractivity contribution is 0.101. The van der Waals surface area contributed by atoms with Crippen molar-refractivity contribution in [3.63, 3.8) is 0 Å². The number of nitrogens with one attached hydrogen (secondary N) is 2. The quantitative estimate of drug-likeness (QED) is 0.739. The summed E-state index contributed by atoms with van der Waals surface area (Å²) < 4.78 is 7.15. The van der Waals surface area contributed by atoms with E-state index in [2.05, 4.69) is 25.9 Å². The maximum atomic E-state index is 12.4. The average molecular weight is 272 g/mol. The van der Waals surface area contributed by atoms with Gasteiger partial charge in [0.1, 0.15) is 0 Å². The molecule has 0 aliphatic heterocycles. The van der Waals surface area contributed by atoms with Gasteiger partial charge in [0, 0.05) is 12.4 Å². The number of aromatic nitrogens is 5. The van der Waals surface area contributed by atoms with Crippen LogP contribution in [0.15, 0.2) is 24.3 Å². The highest BCUT2D eigenvalue weighted by Gasteiger charge is 2.22. The smallest absolute Gasteiger partial charge is 0.278 e. The van der Waals surface area contributed by atoms with E-state index in [9.17, 15) is 4.79 Å². The Morgan fingerprint density at radius 3 is 2.90 bits per heavy atom. The van der Waals surface area contributed by atoms with Gasteiger partial charge < -0.3 is 9.30 Å². The fourth-order valence-corrected chi connectivity index (χ4v) is 2.20. The number of tetrazole rings is 1. The van der Waals surface area contributed by atoms with Gasteiger partial charge in [-0.2, -0.15) is 0 Å². The Hall–Kier alpha value is -2.90. The zero-order valence-corrected chi connectivity index (χ0v) is 10.9. The van der Waals surface area contributed by atoms with Gasteiger partial charge in [-0.25, -0.2) is 5.10 Å². The van der Waals surface area contributed by atoms with Crippen molar-refractivity contribution in [2.24, 2.45) is 7.05 Å². The third-order valence-electron chi connectivity index (χ3n) is 3.06. The minimum Gasteiger partial charge on any atom is -0.494 e. The van der Waals surface area contributed by atoms with Crippen molar-refractivity contribution in [2.75, 3.05) is 12.4 Å². The lowest BCUT2D eigenvalue weighted by Crippen LogP contribution is -2.17. The first-order valence-corrected chi connectivity index (χ1v) is 5.89. The lowest BCUT2D eigenvalue weighted by Gasteiger charge is -2.05. The molecule has 0 unspecified atom stereocenters. The Morgan fingerprint density at radius 2 is 2.20 bits per heavy atom. The van der Waals surface area contributed by atoms with Crippen molar-refractivity contribution in [1.29, 1.82) is 0 Å². The van der Waals surface area contributed by atoms with Crippen LogP contribution in [0.4, 0.5) is 5.95 Å². The van der Waals surface area contributed by atoms with E-state index in [0.717, 1.165) is 10.9 Å². The van der Waals surface area contributed by atoms with Gasteiger partial charge in [-0.15, -0.1) is 0 Å². The number of ether oxygens (including phenoxy) is 1. The third-order valence-corrected chi connectivity index (χ3v) is 3.06.